The second-order valence-corrected chi connectivity index (χ2v) is 9.33. The minimum Gasteiger partial charge on any atom is -0.494 e. The van der Waals surface area contributed by atoms with Crippen molar-refractivity contribution in [3.8, 4) is 34.6 Å². The Balaban J connectivity index is 1.84. The monoisotopic (exact) mass is 545 g/mol. The summed E-state index contributed by atoms with van der Waals surface area (Å²) in [7, 11) is -1.40. The summed E-state index contributed by atoms with van der Waals surface area (Å²) in [6.07, 6.45) is 0. The molecule has 38 heavy (non-hydrogen) atoms. The molecule has 0 unspecified atom stereocenters. The summed E-state index contributed by atoms with van der Waals surface area (Å²) in [5.74, 6) is -2.10. The number of pyridine rings is 1. The molecule has 2 aromatic carbocycles. The smallest absolute Gasteiger partial charge is 0.388 e. The molecule has 198 valence electrons. The Labute approximate surface area is 216 Å². The molecule has 4 aromatic rings. The Bertz CT molecular complexity index is 1520. The van der Waals surface area contributed by atoms with Gasteiger partial charge in [-0.25, -0.2) is 18.1 Å². The van der Waals surface area contributed by atoms with Gasteiger partial charge in [0, 0.05) is 6.07 Å². The van der Waals surface area contributed by atoms with Crippen LogP contribution in [-0.4, -0.2) is 54.9 Å². The van der Waals surface area contributed by atoms with Gasteiger partial charge in [0.2, 0.25) is 21.7 Å². The Hall–Kier alpha value is -4.59. The highest BCUT2D eigenvalue weighted by molar-refractivity contribution is 7.89. The maximum atomic E-state index is 13.3. The highest BCUT2D eigenvalue weighted by atomic mass is 32.2. The van der Waals surface area contributed by atoms with Gasteiger partial charge in [-0.05, 0) is 23.8 Å². The number of ether oxygens (including phenoxy) is 3. The van der Waals surface area contributed by atoms with Crippen LogP contribution >= 0.6 is 0 Å². The molecule has 14 heteroatoms. The van der Waals surface area contributed by atoms with Gasteiger partial charge in [-0.3, -0.25) is 9.36 Å². The molecule has 11 nitrogen and oxygen atoms in total. The quantitative estimate of drug-likeness (QED) is 0.319. The van der Waals surface area contributed by atoms with Crippen LogP contribution in [0.25, 0.3) is 17.2 Å². The summed E-state index contributed by atoms with van der Waals surface area (Å²) in [5, 5.41) is 7.91. The molecule has 0 aliphatic heterocycles. The first-order chi connectivity index (χ1) is 18.2. The van der Waals surface area contributed by atoms with Crippen molar-refractivity contribution in [2.24, 2.45) is 0 Å². The Morgan fingerprint density at radius 3 is 2.24 bits per heavy atom. The van der Waals surface area contributed by atoms with Crippen LogP contribution in [0, 0.1) is 0 Å². The van der Waals surface area contributed by atoms with Gasteiger partial charge < -0.3 is 14.2 Å². The second-order valence-electron chi connectivity index (χ2n) is 7.61. The predicted octanol–water partition coefficient (Wildman–Crippen LogP) is 3.21. The zero-order chi connectivity index (χ0) is 27.3. The number of halogens is 2. The molecule has 2 aromatic heterocycles. The Morgan fingerprint density at radius 1 is 0.947 bits per heavy atom. The maximum Gasteiger partial charge on any atom is 0.388 e. The van der Waals surface area contributed by atoms with Gasteiger partial charge in [-0.15, -0.1) is 10.2 Å². The van der Waals surface area contributed by atoms with Gasteiger partial charge in [-0.2, -0.15) is 8.78 Å². The van der Waals surface area contributed by atoms with Crippen LogP contribution < -0.4 is 18.9 Å². The molecular formula is C24H21F2N5O6S. The maximum absolute atomic E-state index is 13.3. The van der Waals surface area contributed by atoms with E-state index in [-0.39, 0.29) is 28.7 Å². The van der Waals surface area contributed by atoms with Crippen molar-refractivity contribution in [3.63, 3.8) is 0 Å². The average Bonchev–Trinajstić information content (AvgIpc) is 3.33. The molecule has 0 spiro atoms. The van der Waals surface area contributed by atoms with Crippen LogP contribution in [0.1, 0.15) is 16.2 Å². The van der Waals surface area contributed by atoms with Gasteiger partial charge in [-0.1, -0.05) is 42.5 Å². The first-order valence-corrected chi connectivity index (χ1v) is 12.6. The van der Waals surface area contributed by atoms with Gasteiger partial charge in [0.1, 0.15) is 22.9 Å². The van der Waals surface area contributed by atoms with Crippen LogP contribution in [-0.2, 0) is 15.8 Å². The second kappa shape index (κ2) is 11.2. The number of para-hydroxylation sites is 1. The third-order valence-corrected chi connectivity index (χ3v) is 6.31. The molecule has 0 saturated heterocycles. The summed E-state index contributed by atoms with van der Waals surface area (Å²) >= 11 is 0. The summed E-state index contributed by atoms with van der Waals surface area (Å²) < 4.78 is 69.5. The number of sulfonamides is 1. The molecule has 0 atom stereocenters. The lowest BCUT2D eigenvalue weighted by Crippen LogP contribution is -2.33. The van der Waals surface area contributed by atoms with Gasteiger partial charge in [0.25, 0.3) is 0 Å². The SMILES string of the molecule is COc1cccc(OC)c1-n1c(C(=O)NS(=O)(=O)Cc2ccccc2)nnc1-c1cccc(OC(F)F)n1. The number of nitrogens with one attached hydrogen (secondary N) is 1. The topological polar surface area (TPSA) is 135 Å². The predicted molar refractivity (Wildman–Crippen MR) is 131 cm³/mol. The van der Waals surface area contributed by atoms with E-state index in [0.29, 0.717) is 5.56 Å². The number of amides is 1. The number of aromatic nitrogens is 4. The molecule has 0 fully saturated rings. The highest BCUT2D eigenvalue weighted by Crippen LogP contribution is 2.36. The van der Waals surface area contributed by atoms with Crippen molar-refractivity contribution in [2.75, 3.05) is 14.2 Å². The fourth-order valence-corrected chi connectivity index (χ4v) is 4.65. The van der Waals surface area contributed by atoms with Crippen LogP contribution in [0.5, 0.6) is 17.4 Å². The van der Waals surface area contributed by atoms with E-state index in [0.717, 1.165) is 0 Å². The number of carbonyl (C=O) groups excluding carboxylic acids is 1. The molecule has 4 rings (SSSR count). The lowest BCUT2D eigenvalue weighted by atomic mass is 10.2. The van der Waals surface area contributed by atoms with Crippen LogP contribution in [0.2, 0.25) is 0 Å². The number of rotatable bonds is 10. The third kappa shape index (κ3) is 5.86. The van der Waals surface area contributed by atoms with Crippen LogP contribution in [0.3, 0.4) is 0 Å². The van der Waals surface area contributed by atoms with Crippen molar-refractivity contribution in [2.45, 2.75) is 12.4 Å². The van der Waals surface area contributed by atoms with Crippen molar-refractivity contribution in [3.05, 3.63) is 78.1 Å². The van der Waals surface area contributed by atoms with E-state index in [4.69, 9.17) is 9.47 Å². The van der Waals surface area contributed by atoms with E-state index in [1.54, 1.807) is 48.5 Å². The molecule has 0 bridgehead atoms. The number of hydrogen-bond donors (Lipinski definition) is 1. The zero-order valence-corrected chi connectivity index (χ0v) is 20.9. The fourth-order valence-electron chi connectivity index (χ4n) is 3.57. The van der Waals surface area contributed by atoms with Crippen molar-refractivity contribution in [1.29, 1.82) is 0 Å². The Morgan fingerprint density at radius 2 is 1.61 bits per heavy atom. The number of nitrogens with zero attached hydrogens (tertiary/aromatic N) is 4. The van der Waals surface area contributed by atoms with Gasteiger partial charge in [0.05, 0.1) is 20.0 Å². The number of methoxy groups -OCH3 is 2. The molecular weight excluding hydrogens is 524 g/mol. The van der Waals surface area contributed by atoms with E-state index in [9.17, 15) is 22.0 Å². The van der Waals surface area contributed by atoms with Crippen molar-refractivity contribution in [1.82, 2.24) is 24.5 Å². The van der Waals surface area contributed by atoms with Crippen LogP contribution in [0.4, 0.5) is 8.78 Å². The minimum absolute atomic E-state index is 0.00481. The molecule has 2 heterocycles. The lowest BCUT2D eigenvalue weighted by molar-refractivity contribution is -0.0527. The first kappa shape index (κ1) is 26.5. The number of hydrogen-bond acceptors (Lipinski definition) is 9. The molecule has 1 N–H and O–H groups in total. The molecule has 0 aliphatic rings. The third-order valence-electron chi connectivity index (χ3n) is 5.10. The molecule has 0 aliphatic carbocycles. The summed E-state index contributed by atoms with van der Waals surface area (Å²) in [5.41, 5.74) is 0.598. The average molecular weight is 546 g/mol. The van der Waals surface area contributed by atoms with Crippen molar-refractivity contribution < 1.29 is 36.2 Å². The first-order valence-electron chi connectivity index (χ1n) is 10.9. The molecule has 0 saturated carbocycles. The zero-order valence-electron chi connectivity index (χ0n) is 20.0. The highest BCUT2D eigenvalue weighted by Gasteiger charge is 2.29. The van der Waals surface area contributed by atoms with E-state index < -0.39 is 40.0 Å². The number of alkyl halides is 2. The lowest BCUT2D eigenvalue weighted by Gasteiger charge is -2.17. The summed E-state index contributed by atoms with van der Waals surface area (Å²) in [6, 6.07) is 17.1. The number of benzene rings is 2. The van der Waals surface area contributed by atoms with E-state index >= 15 is 0 Å². The van der Waals surface area contributed by atoms with E-state index in [1.807, 2.05) is 4.72 Å². The van der Waals surface area contributed by atoms with Crippen LogP contribution in [0.15, 0.2) is 66.7 Å². The Kier molecular flexibility index (Phi) is 7.81. The summed E-state index contributed by atoms with van der Waals surface area (Å²) in [6.45, 7) is -3.12. The summed E-state index contributed by atoms with van der Waals surface area (Å²) in [4.78, 5) is 17.3. The molecule has 0 radical (unpaired) electrons. The largest absolute Gasteiger partial charge is 0.494 e. The van der Waals surface area contributed by atoms with E-state index in [1.165, 1.54) is 37.0 Å². The van der Waals surface area contributed by atoms with Crippen molar-refractivity contribution >= 4 is 15.9 Å². The van der Waals surface area contributed by atoms with E-state index in [2.05, 4.69) is 19.9 Å². The van der Waals surface area contributed by atoms with Gasteiger partial charge >= 0.3 is 12.5 Å². The number of carbonyl (C=O) groups is 1. The normalized spacial score (nSPS) is 11.3. The molecule has 1 amide bonds. The fraction of sp³-hybridized carbons (Fsp3) is 0.167. The van der Waals surface area contributed by atoms with Gasteiger partial charge in [0.15, 0.2) is 5.82 Å². The minimum atomic E-state index is -4.15. The standard InChI is InChI=1S/C24H21F2N5O6S/c1-35-17-11-7-12-18(36-2)20(17)31-21(16-10-6-13-19(27-16)37-24(25)26)28-29-22(31)23(32)30-38(33,34)14-15-8-4-3-5-9-15/h3-13,24H,14H2,1-2H3,(H,30,32).